The number of nitrogens with one attached hydrogen (secondary N) is 1. The van der Waals surface area contributed by atoms with Crippen LogP contribution in [-0.2, 0) is 6.42 Å². The van der Waals surface area contributed by atoms with Gasteiger partial charge < -0.3 is 5.32 Å². The summed E-state index contributed by atoms with van der Waals surface area (Å²) in [5.74, 6) is 1.02. The number of rotatable bonds is 3. The lowest BCUT2D eigenvalue weighted by Gasteiger charge is -2.09. The van der Waals surface area contributed by atoms with Crippen molar-refractivity contribution in [2.45, 2.75) is 6.42 Å². The number of halogens is 1. The number of nitrogens with zero attached hydrogens (tertiary/aromatic N) is 3. The molecule has 0 amide bonds. The molecule has 5 heteroatoms. The summed E-state index contributed by atoms with van der Waals surface area (Å²) >= 11 is 6.09. The molecule has 0 fully saturated rings. The first-order valence-electron chi connectivity index (χ1n) is 6.16. The van der Waals surface area contributed by atoms with Crippen LogP contribution in [0.5, 0.6) is 0 Å². The molecule has 0 bridgehead atoms. The third kappa shape index (κ3) is 2.74. The van der Waals surface area contributed by atoms with Crippen LogP contribution in [0.2, 0.25) is 5.02 Å². The van der Waals surface area contributed by atoms with Crippen molar-refractivity contribution in [3.05, 3.63) is 47.1 Å². The maximum Gasteiger partial charge on any atom is 0.101 e. The van der Waals surface area contributed by atoms with Crippen molar-refractivity contribution in [3.8, 4) is 11.3 Å². The summed E-state index contributed by atoms with van der Waals surface area (Å²) in [5, 5.41) is 12.1. The Labute approximate surface area is 116 Å². The van der Waals surface area contributed by atoms with Gasteiger partial charge in [-0.2, -0.15) is 10.2 Å². The highest BCUT2D eigenvalue weighted by molar-refractivity contribution is 6.30. The summed E-state index contributed by atoms with van der Waals surface area (Å²) in [6.45, 7) is 1.77. The molecule has 4 nitrogen and oxygen atoms in total. The number of benzene rings is 1. The van der Waals surface area contributed by atoms with E-state index in [2.05, 4.69) is 20.5 Å². The summed E-state index contributed by atoms with van der Waals surface area (Å²) in [6.07, 6.45) is 2.43. The molecule has 1 aliphatic rings. The van der Waals surface area contributed by atoms with E-state index in [9.17, 15) is 0 Å². The molecule has 0 spiro atoms. The van der Waals surface area contributed by atoms with E-state index in [1.165, 1.54) is 0 Å². The summed E-state index contributed by atoms with van der Waals surface area (Å²) in [7, 11) is 0. The average molecular weight is 273 g/mol. The average Bonchev–Trinajstić information content (AvgIpc) is 2.95. The zero-order valence-corrected chi connectivity index (χ0v) is 11.1. The maximum absolute atomic E-state index is 6.09. The number of aliphatic imine (C=N–C) groups is 1. The van der Waals surface area contributed by atoms with Gasteiger partial charge in [-0.05, 0) is 29.8 Å². The van der Waals surface area contributed by atoms with Crippen LogP contribution >= 0.6 is 11.6 Å². The summed E-state index contributed by atoms with van der Waals surface area (Å²) in [6, 6.07) is 9.65. The number of amidine groups is 1. The molecule has 0 saturated carbocycles. The minimum Gasteiger partial charge on any atom is -0.372 e. The second kappa shape index (κ2) is 5.36. The van der Waals surface area contributed by atoms with Crippen LogP contribution in [0, 0.1) is 0 Å². The van der Waals surface area contributed by atoms with Crippen molar-refractivity contribution < 1.29 is 0 Å². The van der Waals surface area contributed by atoms with E-state index in [0.717, 1.165) is 42.2 Å². The predicted octanol–water partition coefficient (Wildman–Crippen LogP) is 2.34. The van der Waals surface area contributed by atoms with E-state index in [1.54, 1.807) is 6.20 Å². The topological polar surface area (TPSA) is 50.2 Å². The first-order valence-corrected chi connectivity index (χ1v) is 6.54. The van der Waals surface area contributed by atoms with Crippen LogP contribution in [0.25, 0.3) is 11.3 Å². The van der Waals surface area contributed by atoms with Crippen molar-refractivity contribution in [1.82, 2.24) is 15.5 Å². The van der Waals surface area contributed by atoms with Crippen LogP contribution in [0.3, 0.4) is 0 Å². The molecule has 1 aromatic carbocycles. The highest BCUT2D eigenvalue weighted by atomic mass is 35.5. The van der Waals surface area contributed by atoms with Gasteiger partial charge in [-0.25, -0.2) is 0 Å². The van der Waals surface area contributed by atoms with Gasteiger partial charge >= 0.3 is 0 Å². The fraction of sp³-hybridized carbons (Fsp3) is 0.214. The molecule has 0 saturated heterocycles. The Bertz CT molecular complexity index is 610. The summed E-state index contributed by atoms with van der Waals surface area (Å²) < 4.78 is 0. The molecule has 2 heterocycles. The molecule has 0 unspecified atom stereocenters. The lowest BCUT2D eigenvalue weighted by Crippen LogP contribution is -2.20. The van der Waals surface area contributed by atoms with Gasteiger partial charge in [0.25, 0.3) is 0 Å². The molecular weight excluding hydrogens is 260 g/mol. The van der Waals surface area contributed by atoms with Gasteiger partial charge in [0.15, 0.2) is 0 Å². The Morgan fingerprint density at radius 2 is 2.21 bits per heavy atom. The highest BCUT2D eigenvalue weighted by Gasteiger charge is 2.12. The maximum atomic E-state index is 6.09. The largest absolute Gasteiger partial charge is 0.372 e. The zero-order valence-electron chi connectivity index (χ0n) is 10.3. The first kappa shape index (κ1) is 12.1. The van der Waals surface area contributed by atoms with Crippen molar-refractivity contribution in [2.75, 3.05) is 13.1 Å². The van der Waals surface area contributed by atoms with Gasteiger partial charge in [-0.1, -0.05) is 17.7 Å². The summed E-state index contributed by atoms with van der Waals surface area (Å²) in [4.78, 5) is 4.42. The molecule has 1 aromatic heterocycles. The van der Waals surface area contributed by atoms with Crippen LogP contribution in [0.1, 0.15) is 5.56 Å². The lowest BCUT2D eigenvalue weighted by molar-refractivity contribution is 0.953. The Morgan fingerprint density at radius 3 is 2.95 bits per heavy atom. The molecule has 0 radical (unpaired) electrons. The van der Waals surface area contributed by atoms with Gasteiger partial charge in [-0.3, -0.25) is 4.99 Å². The van der Waals surface area contributed by atoms with Crippen LogP contribution < -0.4 is 5.32 Å². The molecule has 0 atom stereocenters. The molecule has 0 aliphatic carbocycles. The van der Waals surface area contributed by atoms with Gasteiger partial charge in [0.2, 0.25) is 0 Å². The SMILES string of the molecule is Clc1ccc(CC2=NCCN2)c(-c2cccnn2)c1. The molecule has 3 rings (SSSR count). The minimum atomic E-state index is 0.700. The monoisotopic (exact) mass is 272 g/mol. The molecular formula is C14H13ClN4. The molecule has 19 heavy (non-hydrogen) atoms. The fourth-order valence-electron chi connectivity index (χ4n) is 2.13. The Morgan fingerprint density at radius 1 is 1.26 bits per heavy atom. The third-order valence-corrected chi connectivity index (χ3v) is 3.26. The molecule has 1 aliphatic heterocycles. The van der Waals surface area contributed by atoms with Gasteiger partial charge in [-0.15, -0.1) is 0 Å². The Balaban J connectivity index is 1.99. The second-order valence-electron chi connectivity index (χ2n) is 4.34. The van der Waals surface area contributed by atoms with Gasteiger partial charge in [0.1, 0.15) is 5.84 Å². The molecule has 2 aromatic rings. The number of hydrogen-bond donors (Lipinski definition) is 1. The first-order chi connectivity index (χ1) is 9.33. The normalized spacial score (nSPS) is 14.1. The highest BCUT2D eigenvalue weighted by Crippen LogP contribution is 2.25. The molecule has 96 valence electrons. The van der Waals surface area contributed by atoms with Gasteiger partial charge in [0.05, 0.1) is 12.2 Å². The minimum absolute atomic E-state index is 0.700. The van der Waals surface area contributed by atoms with Crippen molar-refractivity contribution in [3.63, 3.8) is 0 Å². The Hall–Kier alpha value is -1.94. The van der Waals surface area contributed by atoms with E-state index >= 15 is 0 Å². The predicted molar refractivity (Wildman–Crippen MR) is 76.5 cm³/mol. The van der Waals surface area contributed by atoms with Crippen molar-refractivity contribution in [2.24, 2.45) is 4.99 Å². The third-order valence-electron chi connectivity index (χ3n) is 3.02. The van der Waals surface area contributed by atoms with Crippen molar-refractivity contribution >= 4 is 17.4 Å². The fourth-order valence-corrected chi connectivity index (χ4v) is 2.30. The van der Waals surface area contributed by atoms with Crippen LogP contribution in [0.4, 0.5) is 0 Å². The number of hydrogen-bond acceptors (Lipinski definition) is 4. The zero-order chi connectivity index (χ0) is 13.1. The van der Waals surface area contributed by atoms with E-state index < -0.39 is 0 Å². The van der Waals surface area contributed by atoms with Crippen molar-refractivity contribution in [1.29, 1.82) is 0 Å². The molecule has 1 N–H and O–H groups in total. The Kier molecular flexibility index (Phi) is 3.42. The van der Waals surface area contributed by atoms with Crippen LogP contribution in [-0.4, -0.2) is 29.1 Å². The van der Waals surface area contributed by atoms with E-state index in [4.69, 9.17) is 11.6 Å². The van der Waals surface area contributed by atoms with Crippen LogP contribution in [0.15, 0.2) is 41.5 Å². The standard InChI is InChI=1S/C14H13ClN4/c15-11-4-3-10(8-14-16-6-7-17-14)12(9-11)13-2-1-5-18-19-13/h1-5,9H,6-8H2,(H,16,17). The van der Waals surface area contributed by atoms with E-state index in [0.29, 0.717) is 5.02 Å². The summed E-state index contributed by atoms with van der Waals surface area (Å²) in [5.41, 5.74) is 2.99. The lowest BCUT2D eigenvalue weighted by atomic mass is 10.0. The second-order valence-corrected chi connectivity index (χ2v) is 4.78. The quantitative estimate of drug-likeness (QED) is 0.933. The van der Waals surface area contributed by atoms with E-state index in [1.807, 2.05) is 30.3 Å². The number of aromatic nitrogens is 2. The smallest absolute Gasteiger partial charge is 0.101 e. The van der Waals surface area contributed by atoms with E-state index in [-0.39, 0.29) is 0 Å². The van der Waals surface area contributed by atoms with Gasteiger partial charge in [0, 0.05) is 29.7 Å².